The van der Waals surface area contributed by atoms with E-state index in [1.165, 1.54) is 16.9 Å². The maximum atomic E-state index is 12.6. The summed E-state index contributed by atoms with van der Waals surface area (Å²) in [7, 11) is 1.73. The normalized spacial score (nSPS) is 25.1. The van der Waals surface area contributed by atoms with Gasteiger partial charge < -0.3 is 9.15 Å². The average molecular weight is 339 g/mol. The Morgan fingerprint density at radius 2 is 2.04 bits per heavy atom. The van der Waals surface area contributed by atoms with Gasteiger partial charge in [-0.2, -0.15) is 0 Å². The Balaban J connectivity index is 1.82. The zero-order valence-corrected chi connectivity index (χ0v) is 14.2. The molecule has 3 aliphatic rings. The number of nitrogens with zero attached hydrogens (tertiary/aromatic N) is 1. The second kappa shape index (κ2) is 5.01. The molecule has 1 fully saturated rings. The number of fused-ring (bicyclic) bond motifs is 3. The zero-order valence-electron chi connectivity index (χ0n) is 13.4. The maximum absolute atomic E-state index is 12.6. The highest BCUT2D eigenvalue weighted by atomic mass is 32.1. The van der Waals surface area contributed by atoms with Gasteiger partial charge in [-0.15, -0.1) is 11.3 Å². The van der Waals surface area contributed by atoms with Gasteiger partial charge in [0.25, 0.3) is 0 Å². The summed E-state index contributed by atoms with van der Waals surface area (Å²) >= 11 is 1.51. The Bertz CT molecular complexity index is 981. The van der Waals surface area contributed by atoms with Crippen molar-refractivity contribution in [3.05, 3.63) is 52.3 Å². The van der Waals surface area contributed by atoms with Crippen molar-refractivity contribution in [2.75, 3.05) is 7.11 Å². The smallest absolute Gasteiger partial charge is 0.354 e. The lowest BCUT2D eigenvalue weighted by Crippen LogP contribution is -2.40. The molecule has 0 atom stereocenters. The number of pyridine rings is 1. The molecule has 3 aromatic heterocycles. The molecule has 0 unspecified atom stereocenters. The monoisotopic (exact) mass is 339 g/mol. The van der Waals surface area contributed by atoms with Gasteiger partial charge in [0.1, 0.15) is 16.1 Å². The van der Waals surface area contributed by atoms with E-state index >= 15 is 0 Å². The topological polar surface area (TPSA) is 52.3 Å². The molecule has 0 radical (unpaired) electrons. The van der Waals surface area contributed by atoms with E-state index in [1.54, 1.807) is 19.5 Å². The highest BCUT2D eigenvalue weighted by Crippen LogP contribution is 2.55. The van der Waals surface area contributed by atoms with Gasteiger partial charge in [0, 0.05) is 35.3 Å². The van der Waals surface area contributed by atoms with Crippen LogP contribution in [0.5, 0.6) is 0 Å². The maximum Gasteiger partial charge on any atom is 0.354 e. The summed E-state index contributed by atoms with van der Waals surface area (Å²) in [5.74, 6) is 1.26. The lowest BCUT2D eigenvalue weighted by Gasteiger charge is -2.45. The first-order valence-corrected chi connectivity index (χ1v) is 9.10. The molecule has 0 spiro atoms. The van der Waals surface area contributed by atoms with Crippen LogP contribution in [0.2, 0.25) is 0 Å². The van der Waals surface area contributed by atoms with E-state index in [9.17, 15) is 4.79 Å². The van der Waals surface area contributed by atoms with Crippen molar-refractivity contribution in [1.29, 1.82) is 0 Å². The second-order valence-electron chi connectivity index (χ2n) is 6.69. The number of hydrogen-bond donors (Lipinski definition) is 0. The van der Waals surface area contributed by atoms with Crippen molar-refractivity contribution < 1.29 is 9.15 Å². The molecule has 0 aliphatic heterocycles. The Kier molecular flexibility index (Phi) is 3.00. The largest absolute Gasteiger partial charge is 0.423 e. The number of thiophene rings is 1. The SMILES string of the molecule is COC12CCC(CC1)c1c2oc(=O)c2sc(-c3ccncc3)cc12. The molecule has 5 heteroatoms. The number of hydrogen-bond acceptors (Lipinski definition) is 5. The van der Waals surface area contributed by atoms with Gasteiger partial charge in [-0.25, -0.2) is 4.79 Å². The highest BCUT2D eigenvalue weighted by Gasteiger charge is 2.48. The predicted octanol–water partition coefficient (Wildman–Crippen LogP) is 4.43. The number of rotatable bonds is 2. The molecule has 0 saturated heterocycles. The van der Waals surface area contributed by atoms with Gasteiger partial charge in [-0.3, -0.25) is 4.98 Å². The molecule has 0 N–H and O–H groups in total. The first-order valence-electron chi connectivity index (χ1n) is 8.28. The third-order valence-electron chi connectivity index (χ3n) is 5.62. The van der Waals surface area contributed by atoms with Crippen LogP contribution in [0.3, 0.4) is 0 Å². The molecule has 2 bridgehead atoms. The van der Waals surface area contributed by atoms with E-state index in [1.807, 2.05) is 12.1 Å². The average Bonchev–Trinajstić information content (AvgIpc) is 3.10. The van der Waals surface area contributed by atoms with Crippen molar-refractivity contribution in [1.82, 2.24) is 4.98 Å². The third kappa shape index (κ3) is 1.82. The van der Waals surface area contributed by atoms with Crippen LogP contribution in [0, 0.1) is 0 Å². The van der Waals surface area contributed by atoms with Crippen LogP contribution in [0.15, 0.2) is 39.8 Å². The summed E-state index contributed by atoms with van der Waals surface area (Å²) in [6, 6.07) is 6.10. The molecule has 4 nitrogen and oxygen atoms in total. The van der Waals surface area contributed by atoms with Gasteiger partial charge in [-0.1, -0.05) is 0 Å². The van der Waals surface area contributed by atoms with Crippen LogP contribution >= 0.6 is 11.3 Å². The molecule has 1 saturated carbocycles. The fraction of sp³-hybridized carbons (Fsp3) is 0.368. The van der Waals surface area contributed by atoms with Gasteiger partial charge in [0.2, 0.25) is 0 Å². The Labute approximate surface area is 143 Å². The Hall–Kier alpha value is -1.98. The third-order valence-corrected chi connectivity index (χ3v) is 6.78. The molecule has 24 heavy (non-hydrogen) atoms. The van der Waals surface area contributed by atoms with E-state index in [0.717, 1.165) is 52.0 Å². The van der Waals surface area contributed by atoms with E-state index in [-0.39, 0.29) is 5.63 Å². The highest BCUT2D eigenvalue weighted by molar-refractivity contribution is 7.22. The summed E-state index contributed by atoms with van der Waals surface area (Å²) in [6.07, 6.45) is 7.64. The van der Waals surface area contributed by atoms with Crippen LogP contribution in [-0.4, -0.2) is 12.1 Å². The summed E-state index contributed by atoms with van der Waals surface area (Å²) < 4.78 is 12.4. The molecular formula is C19H17NO3S. The second-order valence-corrected chi connectivity index (χ2v) is 7.75. The molecule has 0 amide bonds. The number of methoxy groups -OCH3 is 1. The summed E-state index contributed by atoms with van der Waals surface area (Å²) in [5.41, 5.74) is 1.65. The Morgan fingerprint density at radius 1 is 1.29 bits per heavy atom. The molecule has 3 aliphatic carbocycles. The number of ether oxygens (including phenoxy) is 1. The summed E-state index contributed by atoms with van der Waals surface area (Å²) in [6.45, 7) is 0. The lowest BCUT2D eigenvalue weighted by atomic mass is 9.66. The first-order chi connectivity index (χ1) is 11.7. The van der Waals surface area contributed by atoms with Crippen LogP contribution in [0.4, 0.5) is 0 Å². The van der Waals surface area contributed by atoms with Crippen LogP contribution in [0.1, 0.15) is 42.9 Å². The van der Waals surface area contributed by atoms with Crippen molar-refractivity contribution >= 4 is 21.4 Å². The first kappa shape index (κ1) is 14.4. The Morgan fingerprint density at radius 3 is 2.75 bits per heavy atom. The zero-order chi connectivity index (χ0) is 16.3. The fourth-order valence-electron chi connectivity index (χ4n) is 4.36. The molecule has 3 heterocycles. The molecule has 3 aromatic rings. The van der Waals surface area contributed by atoms with Gasteiger partial charge >= 0.3 is 5.63 Å². The predicted molar refractivity (Wildman–Crippen MR) is 93.5 cm³/mol. The van der Waals surface area contributed by atoms with E-state index < -0.39 is 5.60 Å². The standard InChI is InChI=1S/C19H17NO3S/c1-22-19-6-2-12(3-7-19)15-13-10-14(11-4-8-20-9-5-11)24-16(13)18(21)23-17(15)19/h4-5,8-10,12H,2-3,6-7H2,1H3. The summed E-state index contributed by atoms with van der Waals surface area (Å²) in [4.78, 5) is 17.8. The van der Waals surface area contributed by atoms with E-state index in [0.29, 0.717) is 5.92 Å². The van der Waals surface area contributed by atoms with Crippen LogP contribution in [-0.2, 0) is 10.3 Å². The lowest BCUT2D eigenvalue weighted by molar-refractivity contribution is -0.0780. The molecular weight excluding hydrogens is 322 g/mol. The minimum Gasteiger partial charge on any atom is -0.423 e. The van der Waals surface area contributed by atoms with E-state index in [4.69, 9.17) is 9.15 Å². The van der Waals surface area contributed by atoms with Crippen LogP contribution < -0.4 is 5.63 Å². The van der Waals surface area contributed by atoms with Crippen molar-refractivity contribution in [2.24, 2.45) is 0 Å². The van der Waals surface area contributed by atoms with E-state index in [2.05, 4.69) is 11.1 Å². The van der Waals surface area contributed by atoms with Gasteiger partial charge in [0.15, 0.2) is 0 Å². The van der Waals surface area contributed by atoms with Gasteiger partial charge in [-0.05, 0) is 55.4 Å². The van der Waals surface area contributed by atoms with Gasteiger partial charge in [0.05, 0.1) is 0 Å². The minimum absolute atomic E-state index is 0.238. The van der Waals surface area contributed by atoms with Crippen molar-refractivity contribution in [3.63, 3.8) is 0 Å². The fourth-order valence-corrected chi connectivity index (χ4v) is 5.41. The summed E-state index contributed by atoms with van der Waals surface area (Å²) in [5, 5.41) is 1.06. The van der Waals surface area contributed by atoms with Crippen molar-refractivity contribution in [2.45, 2.75) is 37.2 Å². The molecule has 122 valence electrons. The minimum atomic E-state index is -0.407. The number of aromatic nitrogens is 1. The quantitative estimate of drug-likeness (QED) is 0.693. The van der Waals surface area contributed by atoms with Crippen molar-refractivity contribution in [3.8, 4) is 10.4 Å². The molecule has 6 rings (SSSR count). The molecule has 0 aromatic carbocycles. The van der Waals surface area contributed by atoms with Crippen LogP contribution in [0.25, 0.3) is 20.5 Å².